The largest absolute Gasteiger partial charge is 0.439 e. The molecular weight excluding hydrogens is 422 g/mol. The molecule has 0 unspecified atom stereocenters. The zero-order valence-electron chi connectivity index (χ0n) is 17.4. The SMILES string of the molecule is Cc1ncn(-c2cc(Oc3ccc(NC(=O)c4cc5ccccc5s4)cc3)ncn2)c1C. The molecule has 0 aliphatic carbocycles. The Bertz CT molecular complexity index is 1390. The fourth-order valence-electron chi connectivity index (χ4n) is 3.26. The van der Waals surface area contributed by atoms with Gasteiger partial charge in [-0.15, -0.1) is 11.3 Å². The molecule has 0 spiro atoms. The van der Waals surface area contributed by atoms with Gasteiger partial charge in [0.2, 0.25) is 5.88 Å². The van der Waals surface area contributed by atoms with E-state index in [4.69, 9.17) is 4.74 Å². The highest BCUT2D eigenvalue weighted by atomic mass is 32.1. The monoisotopic (exact) mass is 441 g/mol. The summed E-state index contributed by atoms with van der Waals surface area (Å²) in [5.74, 6) is 1.57. The van der Waals surface area contributed by atoms with E-state index in [2.05, 4.69) is 20.3 Å². The van der Waals surface area contributed by atoms with E-state index in [1.165, 1.54) is 17.7 Å². The van der Waals surface area contributed by atoms with Gasteiger partial charge < -0.3 is 10.1 Å². The van der Waals surface area contributed by atoms with Gasteiger partial charge in [0.1, 0.15) is 24.2 Å². The zero-order chi connectivity index (χ0) is 22.1. The minimum atomic E-state index is -0.133. The summed E-state index contributed by atoms with van der Waals surface area (Å²) < 4.78 is 8.85. The number of fused-ring (bicyclic) bond motifs is 1. The second kappa shape index (κ2) is 8.24. The number of hydrogen-bond donors (Lipinski definition) is 1. The van der Waals surface area contributed by atoms with Crippen LogP contribution >= 0.6 is 11.3 Å². The first-order chi connectivity index (χ1) is 15.6. The number of hydrogen-bond acceptors (Lipinski definition) is 6. The molecule has 3 heterocycles. The molecule has 1 amide bonds. The Kier molecular flexibility index (Phi) is 5.12. The Labute approximate surface area is 188 Å². The van der Waals surface area contributed by atoms with Crippen molar-refractivity contribution in [3.05, 3.63) is 89.6 Å². The average molecular weight is 442 g/mol. The summed E-state index contributed by atoms with van der Waals surface area (Å²) >= 11 is 1.47. The second-order valence-corrected chi connectivity index (χ2v) is 8.31. The first-order valence-electron chi connectivity index (χ1n) is 9.97. The number of nitrogens with one attached hydrogen (secondary N) is 1. The molecule has 3 aromatic heterocycles. The Morgan fingerprint density at radius 1 is 1.00 bits per heavy atom. The van der Waals surface area contributed by atoms with E-state index in [0.29, 0.717) is 28.0 Å². The van der Waals surface area contributed by atoms with Crippen molar-refractivity contribution in [2.24, 2.45) is 0 Å². The van der Waals surface area contributed by atoms with Crippen molar-refractivity contribution >= 4 is 33.0 Å². The first kappa shape index (κ1) is 19.9. The van der Waals surface area contributed by atoms with Gasteiger partial charge in [0.25, 0.3) is 5.91 Å². The van der Waals surface area contributed by atoms with Crippen molar-refractivity contribution in [3.8, 4) is 17.4 Å². The Morgan fingerprint density at radius 3 is 2.56 bits per heavy atom. The minimum Gasteiger partial charge on any atom is -0.439 e. The van der Waals surface area contributed by atoms with Gasteiger partial charge in [-0.25, -0.2) is 15.0 Å². The number of anilines is 1. The van der Waals surface area contributed by atoms with Crippen LogP contribution in [-0.4, -0.2) is 25.4 Å². The molecule has 0 fully saturated rings. The average Bonchev–Trinajstić information content (AvgIpc) is 3.39. The summed E-state index contributed by atoms with van der Waals surface area (Å²) in [6.45, 7) is 3.93. The zero-order valence-corrected chi connectivity index (χ0v) is 18.3. The van der Waals surface area contributed by atoms with Crippen molar-refractivity contribution in [3.63, 3.8) is 0 Å². The number of rotatable bonds is 5. The van der Waals surface area contributed by atoms with Crippen LogP contribution in [0, 0.1) is 13.8 Å². The number of amides is 1. The molecule has 0 aliphatic heterocycles. The van der Waals surface area contributed by atoms with Crippen molar-refractivity contribution in [1.82, 2.24) is 19.5 Å². The number of thiophene rings is 1. The van der Waals surface area contributed by atoms with Crippen molar-refractivity contribution in [2.75, 3.05) is 5.32 Å². The van der Waals surface area contributed by atoms with Gasteiger partial charge >= 0.3 is 0 Å². The molecular formula is C24H19N5O2S. The summed E-state index contributed by atoms with van der Waals surface area (Å²) in [6, 6.07) is 18.8. The number of carbonyl (C=O) groups is 1. The fourth-order valence-corrected chi connectivity index (χ4v) is 4.22. The van der Waals surface area contributed by atoms with Crippen molar-refractivity contribution in [1.29, 1.82) is 0 Å². The molecule has 7 nitrogen and oxygen atoms in total. The molecule has 158 valence electrons. The maximum absolute atomic E-state index is 12.6. The topological polar surface area (TPSA) is 81.9 Å². The molecule has 0 atom stereocenters. The number of nitrogens with zero attached hydrogens (tertiary/aromatic N) is 4. The first-order valence-corrected chi connectivity index (χ1v) is 10.8. The number of aryl methyl sites for hydroxylation is 1. The van der Waals surface area contributed by atoms with Crippen molar-refractivity contribution < 1.29 is 9.53 Å². The standard InChI is InChI=1S/C24H19N5O2S/c1-15-16(2)29(14-27-15)22-12-23(26-13-25-22)31-19-9-7-18(8-10-19)28-24(30)21-11-17-5-3-4-6-20(17)32-21/h3-14H,1-2H3,(H,28,30). The number of ether oxygens (including phenoxy) is 1. The Balaban J connectivity index is 1.28. The van der Waals surface area contributed by atoms with Crippen LogP contribution in [0.4, 0.5) is 5.69 Å². The molecule has 32 heavy (non-hydrogen) atoms. The van der Waals surface area contributed by atoms with Gasteiger partial charge in [0, 0.05) is 22.1 Å². The third kappa shape index (κ3) is 3.95. The molecule has 2 aromatic carbocycles. The maximum Gasteiger partial charge on any atom is 0.265 e. The van der Waals surface area contributed by atoms with Crippen LogP contribution in [0.15, 0.2) is 73.3 Å². The highest BCUT2D eigenvalue weighted by Gasteiger charge is 2.11. The van der Waals surface area contributed by atoms with Gasteiger partial charge in [-0.05, 0) is 55.6 Å². The Hall–Kier alpha value is -4.04. The summed E-state index contributed by atoms with van der Waals surface area (Å²) in [5.41, 5.74) is 2.64. The van der Waals surface area contributed by atoms with E-state index < -0.39 is 0 Å². The van der Waals surface area contributed by atoms with Crippen LogP contribution in [0.1, 0.15) is 21.1 Å². The van der Waals surface area contributed by atoms with Crippen LogP contribution in [-0.2, 0) is 0 Å². The summed E-state index contributed by atoms with van der Waals surface area (Å²) in [4.78, 5) is 26.1. The molecule has 1 N–H and O–H groups in total. The third-order valence-corrected chi connectivity index (χ3v) is 6.22. The van der Waals surface area contributed by atoms with Gasteiger partial charge in [-0.1, -0.05) is 18.2 Å². The summed E-state index contributed by atoms with van der Waals surface area (Å²) in [5, 5.41) is 4.00. The quantitative estimate of drug-likeness (QED) is 0.387. The lowest BCUT2D eigenvalue weighted by molar-refractivity contribution is 0.103. The Morgan fingerprint density at radius 2 is 1.81 bits per heavy atom. The van der Waals surface area contributed by atoms with Crippen LogP contribution in [0.3, 0.4) is 0 Å². The smallest absolute Gasteiger partial charge is 0.265 e. The van der Waals surface area contributed by atoms with E-state index in [9.17, 15) is 4.79 Å². The van der Waals surface area contributed by atoms with Crippen LogP contribution in [0.5, 0.6) is 11.6 Å². The summed E-state index contributed by atoms with van der Waals surface area (Å²) in [7, 11) is 0. The predicted molar refractivity (Wildman–Crippen MR) is 125 cm³/mol. The number of aromatic nitrogens is 4. The number of benzene rings is 2. The normalized spacial score (nSPS) is 10.9. The van der Waals surface area contributed by atoms with E-state index in [1.807, 2.05) is 48.7 Å². The van der Waals surface area contributed by atoms with Crippen molar-refractivity contribution in [2.45, 2.75) is 13.8 Å². The van der Waals surface area contributed by atoms with E-state index in [1.54, 1.807) is 36.7 Å². The molecule has 5 aromatic rings. The minimum absolute atomic E-state index is 0.133. The number of imidazole rings is 1. The van der Waals surface area contributed by atoms with Gasteiger partial charge in [-0.2, -0.15) is 0 Å². The third-order valence-electron chi connectivity index (χ3n) is 5.11. The molecule has 8 heteroatoms. The number of carbonyl (C=O) groups excluding carboxylic acids is 1. The molecule has 0 bridgehead atoms. The van der Waals surface area contributed by atoms with Gasteiger partial charge in [0.05, 0.1) is 10.6 Å². The van der Waals surface area contributed by atoms with Crippen LogP contribution in [0.25, 0.3) is 15.9 Å². The lowest BCUT2D eigenvalue weighted by Gasteiger charge is -2.09. The predicted octanol–water partition coefficient (Wildman–Crippen LogP) is 5.54. The lowest BCUT2D eigenvalue weighted by Crippen LogP contribution is -2.09. The van der Waals surface area contributed by atoms with E-state index >= 15 is 0 Å². The maximum atomic E-state index is 12.6. The molecule has 0 saturated heterocycles. The lowest BCUT2D eigenvalue weighted by atomic mass is 10.2. The molecule has 0 radical (unpaired) electrons. The van der Waals surface area contributed by atoms with Gasteiger partial charge in [-0.3, -0.25) is 9.36 Å². The van der Waals surface area contributed by atoms with E-state index in [-0.39, 0.29) is 5.91 Å². The highest BCUT2D eigenvalue weighted by Crippen LogP contribution is 2.27. The second-order valence-electron chi connectivity index (χ2n) is 7.23. The van der Waals surface area contributed by atoms with Crippen LogP contribution in [0.2, 0.25) is 0 Å². The molecule has 0 aliphatic rings. The van der Waals surface area contributed by atoms with Crippen LogP contribution < -0.4 is 10.1 Å². The fraction of sp³-hybridized carbons (Fsp3) is 0.0833. The van der Waals surface area contributed by atoms with E-state index in [0.717, 1.165) is 21.5 Å². The van der Waals surface area contributed by atoms with Gasteiger partial charge in [0.15, 0.2) is 0 Å². The molecule has 5 rings (SSSR count). The summed E-state index contributed by atoms with van der Waals surface area (Å²) in [6.07, 6.45) is 3.18. The highest BCUT2D eigenvalue weighted by molar-refractivity contribution is 7.20. The molecule has 0 saturated carbocycles.